The van der Waals surface area contributed by atoms with E-state index >= 15 is 0 Å². The number of rotatable bonds is 3. The summed E-state index contributed by atoms with van der Waals surface area (Å²) in [5.74, 6) is 0. The van der Waals surface area contributed by atoms with Gasteiger partial charge >= 0.3 is 0 Å². The van der Waals surface area contributed by atoms with Crippen LogP contribution in [0.1, 0.15) is 40.0 Å². The van der Waals surface area contributed by atoms with Gasteiger partial charge in [-0.25, -0.2) is 0 Å². The maximum Gasteiger partial charge on any atom is 0.138 e. The smallest absolute Gasteiger partial charge is 0.138 e. The largest absolute Gasteiger partial charge is 0.353 e. The molecule has 0 aliphatic carbocycles. The molecule has 0 unspecified atom stereocenters. The van der Waals surface area contributed by atoms with E-state index in [9.17, 15) is 0 Å². The van der Waals surface area contributed by atoms with E-state index in [1.165, 1.54) is 19.3 Å². The lowest BCUT2D eigenvalue weighted by Gasteiger charge is -2.29. The van der Waals surface area contributed by atoms with Crippen LogP contribution in [0.4, 0.5) is 0 Å². The molecule has 2 rings (SSSR count). The van der Waals surface area contributed by atoms with E-state index in [0.29, 0.717) is 18.4 Å². The molecule has 0 N–H and O–H groups in total. The van der Waals surface area contributed by atoms with Crippen molar-refractivity contribution in [1.29, 1.82) is 0 Å². The van der Waals surface area contributed by atoms with Gasteiger partial charge in [-0.05, 0) is 26.7 Å². The Labute approximate surface area is 74.9 Å². The maximum atomic E-state index is 5.53. The van der Waals surface area contributed by atoms with Crippen LogP contribution in [0.25, 0.3) is 0 Å². The Morgan fingerprint density at radius 1 is 1.50 bits per heavy atom. The van der Waals surface area contributed by atoms with Crippen LogP contribution in [-0.4, -0.2) is 29.3 Å². The summed E-state index contributed by atoms with van der Waals surface area (Å²) < 4.78 is 5.53. The van der Waals surface area contributed by atoms with Crippen LogP contribution in [0, 0.1) is 0 Å². The SMILES string of the molecule is CCC[C@@H]1C[C@@H]2O[C@@H]2N1C(C)C. The van der Waals surface area contributed by atoms with Gasteiger partial charge in [0.1, 0.15) is 12.3 Å². The van der Waals surface area contributed by atoms with E-state index in [2.05, 4.69) is 25.7 Å². The first kappa shape index (κ1) is 8.52. The summed E-state index contributed by atoms with van der Waals surface area (Å²) in [4.78, 5) is 2.55. The fourth-order valence-corrected chi connectivity index (χ4v) is 2.48. The van der Waals surface area contributed by atoms with Gasteiger partial charge < -0.3 is 4.74 Å². The molecule has 2 aliphatic rings. The Morgan fingerprint density at radius 3 is 2.83 bits per heavy atom. The molecule has 2 aliphatic heterocycles. The average Bonchev–Trinajstić information content (AvgIpc) is 2.62. The van der Waals surface area contributed by atoms with Gasteiger partial charge in [-0.1, -0.05) is 13.3 Å². The highest BCUT2D eigenvalue weighted by atomic mass is 16.6. The van der Waals surface area contributed by atoms with Crippen molar-refractivity contribution in [1.82, 2.24) is 4.90 Å². The molecule has 2 saturated heterocycles. The van der Waals surface area contributed by atoms with Gasteiger partial charge in [0.15, 0.2) is 0 Å². The van der Waals surface area contributed by atoms with Crippen molar-refractivity contribution < 1.29 is 4.74 Å². The fourth-order valence-electron chi connectivity index (χ4n) is 2.48. The van der Waals surface area contributed by atoms with Crippen molar-refractivity contribution >= 4 is 0 Å². The number of likely N-dealkylation sites (tertiary alicyclic amines) is 1. The van der Waals surface area contributed by atoms with E-state index in [1.54, 1.807) is 0 Å². The number of hydrogen-bond acceptors (Lipinski definition) is 2. The standard InChI is InChI=1S/C10H19NO/c1-4-5-8-6-9-10(12-9)11(8)7(2)3/h7-10H,4-6H2,1-3H3/t8-,9+,10+/m1/s1. The zero-order valence-corrected chi connectivity index (χ0v) is 8.29. The minimum atomic E-state index is 0.488. The lowest BCUT2D eigenvalue weighted by atomic mass is 10.1. The summed E-state index contributed by atoms with van der Waals surface area (Å²) in [7, 11) is 0. The monoisotopic (exact) mass is 169 g/mol. The first-order valence-electron chi connectivity index (χ1n) is 5.17. The lowest BCUT2D eigenvalue weighted by Crippen LogP contribution is -2.38. The zero-order valence-electron chi connectivity index (χ0n) is 8.29. The van der Waals surface area contributed by atoms with Crippen LogP contribution in [0.3, 0.4) is 0 Å². The maximum absolute atomic E-state index is 5.53. The van der Waals surface area contributed by atoms with E-state index in [-0.39, 0.29) is 0 Å². The molecule has 0 spiro atoms. The van der Waals surface area contributed by atoms with Crippen LogP contribution in [0.5, 0.6) is 0 Å². The van der Waals surface area contributed by atoms with Gasteiger partial charge in [0.25, 0.3) is 0 Å². The Bertz CT molecular complexity index is 169. The second kappa shape index (κ2) is 3.00. The van der Waals surface area contributed by atoms with Gasteiger partial charge in [0.05, 0.1) is 0 Å². The summed E-state index contributed by atoms with van der Waals surface area (Å²) >= 11 is 0. The van der Waals surface area contributed by atoms with E-state index in [4.69, 9.17) is 4.74 Å². The lowest BCUT2D eigenvalue weighted by molar-refractivity contribution is 0.0736. The van der Waals surface area contributed by atoms with Gasteiger partial charge in [0, 0.05) is 12.1 Å². The zero-order chi connectivity index (χ0) is 8.72. The van der Waals surface area contributed by atoms with Crippen molar-refractivity contribution in [2.75, 3.05) is 0 Å². The van der Waals surface area contributed by atoms with Gasteiger partial charge in [-0.15, -0.1) is 0 Å². The number of hydrogen-bond donors (Lipinski definition) is 0. The third-order valence-corrected chi connectivity index (χ3v) is 2.99. The molecule has 0 aromatic rings. The van der Waals surface area contributed by atoms with Gasteiger partial charge in [-0.3, -0.25) is 4.90 Å². The van der Waals surface area contributed by atoms with Crippen LogP contribution in [0.15, 0.2) is 0 Å². The van der Waals surface area contributed by atoms with Crippen LogP contribution >= 0.6 is 0 Å². The van der Waals surface area contributed by atoms with Crippen molar-refractivity contribution in [3.05, 3.63) is 0 Å². The Hall–Kier alpha value is -0.0800. The molecule has 2 heterocycles. The minimum absolute atomic E-state index is 0.488. The molecular formula is C10H19NO. The molecule has 0 aromatic carbocycles. The normalized spacial score (nSPS) is 40.5. The molecular weight excluding hydrogens is 150 g/mol. The molecule has 2 heteroatoms. The predicted molar refractivity (Wildman–Crippen MR) is 48.9 cm³/mol. The first-order chi connectivity index (χ1) is 5.74. The van der Waals surface area contributed by atoms with Crippen molar-refractivity contribution in [2.24, 2.45) is 0 Å². The molecule has 0 aromatic heterocycles. The summed E-state index contributed by atoms with van der Waals surface area (Å²) in [5.41, 5.74) is 0. The average molecular weight is 169 g/mol. The number of ether oxygens (including phenoxy) is 1. The molecule has 2 nitrogen and oxygen atoms in total. The summed E-state index contributed by atoms with van der Waals surface area (Å²) in [6.07, 6.45) is 4.99. The van der Waals surface area contributed by atoms with E-state index < -0.39 is 0 Å². The van der Waals surface area contributed by atoms with Crippen LogP contribution in [-0.2, 0) is 4.74 Å². The molecule has 12 heavy (non-hydrogen) atoms. The second-order valence-corrected chi connectivity index (χ2v) is 4.28. The number of fused-ring (bicyclic) bond motifs is 1. The number of epoxide rings is 1. The summed E-state index contributed by atoms with van der Waals surface area (Å²) in [6, 6.07) is 1.46. The highest BCUT2D eigenvalue weighted by Gasteiger charge is 2.54. The Morgan fingerprint density at radius 2 is 2.25 bits per heavy atom. The van der Waals surface area contributed by atoms with Crippen LogP contribution in [0.2, 0.25) is 0 Å². The van der Waals surface area contributed by atoms with Gasteiger partial charge in [-0.2, -0.15) is 0 Å². The van der Waals surface area contributed by atoms with Crippen molar-refractivity contribution in [3.8, 4) is 0 Å². The third kappa shape index (κ3) is 1.27. The van der Waals surface area contributed by atoms with E-state index in [1.807, 2.05) is 0 Å². The molecule has 0 saturated carbocycles. The van der Waals surface area contributed by atoms with E-state index in [0.717, 1.165) is 6.04 Å². The Kier molecular flexibility index (Phi) is 2.13. The second-order valence-electron chi connectivity index (χ2n) is 4.28. The highest BCUT2D eigenvalue weighted by Crippen LogP contribution is 2.42. The molecule has 0 radical (unpaired) electrons. The van der Waals surface area contributed by atoms with Crippen molar-refractivity contribution in [2.45, 2.75) is 64.4 Å². The molecule has 0 bridgehead atoms. The third-order valence-electron chi connectivity index (χ3n) is 2.99. The highest BCUT2D eigenvalue weighted by molar-refractivity contribution is 5.00. The molecule has 70 valence electrons. The molecule has 3 atom stereocenters. The summed E-state index contributed by atoms with van der Waals surface area (Å²) in [6.45, 7) is 6.81. The fraction of sp³-hybridized carbons (Fsp3) is 1.00. The molecule has 2 fully saturated rings. The predicted octanol–water partition coefficient (Wildman–Crippen LogP) is 1.99. The van der Waals surface area contributed by atoms with Gasteiger partial charge in [0.2, 0.25) is 0 Å². The van der Waals surface area contributed by atoms with Crippen molar-refractivity contribution in [3.63, 3.8) is 0 Å². The molecule has 0 amide bonds. The first-order valence-corrected chi connectivity index (χ1v) is 5.17. The van der Waals surface area contributed by atoms with Crippen LogP contribution < -0.4 is 0 Å². The Balaban J connectivity index is 1.96. The summed E-state index contributed by atoms with van der Waals surface area (Å²) in [5, 5.41) is 0. The quantitative estimate of drug-likeness (QED) is 0.600. The topological polar surface area (TPSA) is 15.8 Å². The minimum Gasteiger partial charge on any atom is -0.353 e. The number of nitrogens with zero attached hydrogens (tertiary/aromatic N) is 1.